The van der Waals surface area contributed by atoms with Crippen molar-refractivity contribution in [2.24, 2.45) is 0 Å². The van der Waals surface area contributed by atoms with Gasteiger partial charge in [0.05, 0.1) is 6.10 Å². The molecule has 1 aliphatic carbocycles. The number of aliphatic hydroxyl groups excluding tert-OH is 1. The number of aliphatic hydroxyl groups is 1. The molecule has 0 atom stereocenters. The van der Waals surface area contributed by atoms with Gasteiger partial charge in [-0.1, -0.05) is 0 Å². The third-order valence-corrected chi connectivity index (χ3v) is 4.64. The van der Waals surface area contributed by atoms with Gasteiger partial charge in [-0.15, -0.1) is 0 Å². The fourth-order valence-corrected chi connectivity index (χ4v) is 3.38. The number of hydrogen-bond donors (Lipinski definition) is 3. The minimum absolute atomic E-state index is 0.0432. The second kappa shape index (κ2) is 6.58. The van der Waals surface area contributed by atoms with Crippen molar-refractivity contribution in [1.82, 2.24) is 5.32 Å². The molecule has 3 rings (SSSR count). The summed E-state index contributed by atoms with van der Waals surface area (Å²) in [6.45, 7) is 2.26. The number of benzene rings is 1. The monoisotopic (exact) mass is 317 g/mol. The second-order valence-electron chi connectivity index (χ2n) is 6.37. The predicted molar refractivity (Wildman–Crippen MR) is 88.6 cm³/mol. The van der Waals surface area contributed by atoms with Gasteiger partial charge in [-0.3, -0.25) is 4.79 Å². The SMILES string of the molecule is CC(=O)N1CCc2cc(NC(=O)NC3CCC(O)CC3)ccc21. The third kappa shape index (κ3) is 3.64. The highest BCUT2D eigenvalue weighted by molar-refractivity contribution is 5.95. The number of hydrogen-bond acceptors (Lipinski definition) is 3. The average molecular weight is 317 g/mol. The molecule has 0 saturated heterocycles. The van der Waals surface area contributed by atoms with E-state index in [0.717, 1.165) is 49.0 Å². The zero-order valence-electron chi connectivity index (χ0n) is 13.3. The van der Waals surface area contributed by atoms with Crippen LogP contribution in [0.25, 0.3) is 0 Å². The lowest BCUT2D eigenvalue weighted by molar-refractivity contribution is -0.116. The van der Waals surface area contributed by atoms with Gasteiger partial charge < -0.3 is 20.6 Å². The van der Waals surface area contributed by atoms with Crippen LogP contribution in [-0.4, -0.2) is 35.7 Å². The molecule has 2 aliphatic rings. The summed E-state index contributed by atoms with van der Waals surface area (Å²) in [4.78, 5) is 25.4. The van der Waals surface area contributed by atoms with Gasteiger partial charge in [0.1, 0.15) is 0 Å². The van der Waals surface area contributed by atoms with E-state index in [2.05, 4.69) is 10.6 Å². The molecule has 3 N–H and O–H groups in total. The molecule has 1 aromatic rings. The van der Waals surface area contributed by atoms with Gasteiger partial charge in [-0.25, -0.2) is 4.79 Å². The van der Waals surface area contributed by atoms with Crippen LogP contribution in [-0.2, 0) is 11.2 Å². The zero-order chi connectivity index (χ0) is 16.4. The van der Waals surface area contributed by atoms with Gasteiger partial charge >= 0.3 is 6.03 Å². The van der Waals surface area contributed by atoms with Crippen molar-refractivity contribution in [3.63, 3.8) is 0 Å². The van der Waals surface area contributed by atoms with Gasteiger partial charge in [0.25, 0.3) is 0 Å². The Morgan fingerprint density at radius 2 is 1.96 bits per heavy atom. The number of urea groups is 1. The molecular formula is C17H23N3O3. The molecule has 3 amide bonds. The highest BCUT2D eigenvalue weighted by Crippen LogP contribution is 2.30. The number of anilines is 2. The normalized spacial score (nSPS) is 23.3. The molecular weight excluding hydrogens is 294 g/mol. The summed E-state index contributed by atoms with van der Waals surface area (Å²) in [5, 5.41) is 15.3. The molecule has 6 nitrogen and oxygen atoms in total. The van der Waals surface area contributed by atoms with Crippen LogP contribution >= 0.6 is 0 Å². The first-order valence-corrected chi connectivity index (χ1v) is 8.19. The quantitative estimate of drug-likeness (QED) is 0.780. The van der Waals surface area contributed by atoms with E-state index >= 15 is 0 Å². The Bertz CT molecular complexity index is 609. The summed E-state index contributed by atoms with van der Waals surface area (Å²) >= 11 is 0. The summed E-state index contributed by atoms with van der Waals surface area (Å²) in [6.07, 6.45) is 3.69. The van der Waals surface area contributed by atoms with E-state index in [1.54, 1.807) is 11.8 Å². The van der Waals surface area contributed by atoms with Crippen molar-refractivity contribution in [2.45, 2.75) is 51.2 Å². The minimum Gasteiger partial charge on any atom is -0.393 e. The third-order valence-electron chi connectivity index (χ3n) is 4.64. The molecule has 1 saturated carbocycles. The molecule has 0 unspecified atom stereocenters. The lowest BCUT2D eigenvalue weighted by atomic mass is 9.93. The van der Waals surface area contributed by atoms with Crippen LogP contribution in [0.1, 0.15) is 38.2 Å². The first-order chi connectivity index (χ1) is 11.0. The van der Waals surface area contributed by atoms with Crippen LogP contribution in [0, 0.1) is 0 Å². The molecule has 0 spiro atoms. The number of nitrogens with zero attached hydrogens (tertiary/aromatic N) is 1. The average Bonchev–Trinajstić information content (AvgIpc) is 2.93. The Morgan fingerprint density at radius 1 is 1.22 bits per heavy atom. The number of nitrogens with one attached hydrogen (secondary N) is 2. The van der Waals surface area contributed by atoms with E-state index < -0.39 is 0 Å². The first-order valence-electron chi connectivity index (χ1n) is 8.19. The van der Waals surface area contributed by atoms with E-state index in [9.17, 15) is 14.7 Å². The molecule has 1 aliphatic heterocycles. The van der Waals surface area contributed by atoms with Crippen LogP contribution < -0.4 is 15.5 Å². The Hall–Kier alpha value is -2.08. The Balaban J connectivity index is 1.58. The number of carbonyl (C=O) groups is 2. The molecule has 124 valence electrons. The maximum Gasteiger partial charge on any atom is 0.319 e. The topological polar surface area (TPSA) is 81.7 Å². The predicted octanol–water partition coefficient (Wildman–Crippen LogP) is 2.02. The summed E-state index contributed by atoms with van der Waals surface area (Å²) in [5.41, 5.74) is 2.76. The van der Waals surface area contributed by atoms with E-state index in [1.807, 2.05) is 18.2 Å². The lowest BCUT2D eigenvalue weighted by Gasteiger charge is -2.26. The number of rotatable bonds is 2. The Morgan fingerprint density at radius 3 is 2.65 bits per heavy atom. The van der Waals surface area contributed by atoms with Crippen LogP contribution in [0.3, 0.4) is 0 Å². The fraction of sp³-hybridized carbons (Fsp3) is 0.529. The summed E-state index contributed by atoms with van der Waals surface area (Å²) in [5.74, 6) is 0.0432. The minimum atomic E-state index is -0.225. The molecule has 0 aromatic heterocycles. The van der Waals surface area contributed by atoms with E-state index in [-0.39, 0.29) is 24.1 Å². The van der Waals surface area contributed by atoms with E-state index in [0.29, 0.717) is 6.54 Å². The van der Waals surface area contributed by atoms with Crippen LogP contribution in [0.15, 0.2) is 18.2 Å². The van der Waals surface area contributed by atoms with Crippen molar-refractivity contribution in [3.8, 4) is 0 Å². The van der Waals surface area contributed by atoms with Gasteiger partial charge in [0.2, 0.25) is 5.91 Å². The largest absolute Gasteiger partial charge is 0.393 e. The van der Waals surface area contributed by atoms with Crippen LogP contribution in [0.4, 0.5) is 16.2 Å². The fourth-order valence-electron chi connectivity index (χ4n) is 3.38. The van der Waals surface area contributed by atoms with Crippen LogP contribution in [0.2, 0.25) is 0 Å². The number of amides is 3. The van der Waals surface area contributed by atoms with E-state index in [4.69, 9.17) is 0 Å². The lowest BCUT2D eigenvalue weighted by Crippen LogP contribution is -2.40. The van der Waals surface area contributed by atoms with E-state index in [1.165, 1.54) is 0 Å². The Kier molecular flexibility index (Phi) is 4.52. The highest BCUT2D eigenvalue weighted by atomic mass is 16.3. The molecule has 1 fully saturated rings. The van der Waals surface area contributed by atoms with Crippen molar-refractivity contribution in [3.05, 3.63) is 23.8 Å². The Labute approximate surface area is 135 Å². The summed E-state index contributed by atoms with van der Waals surface area (Å²) in [7, 11) is 0. The van der Waals surface area contributed by atoms with Gasteiger partial charge in [-0.05, 0) is 55.9 Å². The smallest absolute Gasteiger partial charge is 0.319 e. The molecule has 0 radical (unpaired) electrons. The van der Waals surface area contributed by atoms with Gasteiger partial charge in [0, 0.05) is 30.9 Å². The molecule has 0 bridgehead atoms. The zero-order valence-corrected chi connectivity index (χ0v) is 13.3. The number of carbonyl (C=O) groups excluding carboxylic acids is 2. The first kappa shape index (κ1) is 15.8. The van der Waals surface area contributed by atoms with Crippen LogP contribution in [0.5, 0.6) is 0 Å². The molecule has 1 aromatic carbocycles. The van der Waals surface area contributed by atoms with Crippen molar-refractivity contribution in [2.75, 3.05) is 16.8 Å². The summed E-state index contributed by atoms with van der Waals surface area (Å²) < 4.78 is 0. The van der Waals surface area contributed by atoms with Gasteiger partial charge in [-0.2, -0.15) is 0 Å². The van der Waals surface area contributed by atoms with Crippen molar-refractivity contribution >= 4 is 23.3 Å². The maximum absolute atomic E-state index is 12.1. The maximum atomic E-state index is 12.1. The highest BCUT2D eigenvalue weighted by Gasteiger charge is 2.23. The standard InChI is InChI=1S/C17H23N3O3/c1-11(21)20-9-8-12-10-14(4-7-16(12)20)19-17(23)18-13-2-5-15(22)6-3-13/h4,7,10,13,15,22H,2-3,5-6,8-9H2,1H3,(H2,18,19,23). The number of fused-ring (bicyclic) bond motifs is 1. The molecule has 1 heterocycles. The molecule has 23 heavy (non-hydrogen) atoms. The summed E-state index contributed by atoms with van der Waals surface area (Å²) in [6, 6.07) is 5.55. The second-order valence-corrected chi connectivity index (χ2v) is 6.37. The van der Waals surface area contributed by atoms with Crippen molar-refractivity contribution < 1.29 is 14.7 Å². The van der Waals surface area contributed by atoms with Gasteiger partial charge in [0.15, 0.2) is 0 Å². The molecule has 6 heteroatoms. The van der Waals surface area contributed by atoms with Crippen molar-refractivity contribution in [1.29, 1.82) is 0 Å².